The van der Waals surface area contributed by atoms with Gasteiger partial charge < -0.3 is 9.67 Å². The van der Waals surface area contributed by atoms with Crippen LogP contribution in [-0.2, 0) is 9.59 Å². The molecule has 1 N–H and O–H groups in total. The number of nitrogens with zero attached hydrogens (tertiary/aromatic N) is 3. The van der Waals surface area contributed by atoms with Crippen LogP contribution in [0.2, 0.25) is 0 Å². The molecule has 2 aromatic rings. The van der Waals surface area contributed by atoms with E-state index in [2.05, 4.69) is 4.98 Å². The van der Waals surface area contributed by atoms with Crippen molar-refractivity contribution in [2.75, 3.05) is 6.54 Å². The number of imide groups is 1. The number of rotatable bonds is 4. The fourth-order valence-electron chi connectivity index (χ4n) is 2.73. The Hall–Kier alpha value is -2.87. The number of thioether (sulfide) groups is 1. The van der Waals surface area contributed by atoms with Gasteiger partial charge in [0.1, 0.15) is 6.54 Å². The molecule has 7 nitrogen and oxygen atoms in total. The Labute approximate surface area is 148 Å². The number of amides is 2. The van der Waals surface area contributed by atoms with Gasteiger partial charge in [-0.25, -0.2) is 0 Å². The highest BCUT2D eigenvalue weighted by Crippen LogP contribution is 2.33. The molecule has 128 valence electrons. The second-order valence-corrected chi connectivity index (χ2v) is 6.53. The molecule has 0 atom stereocenters. The molecule has 1 saturated heterocycles. The van der Waals surface area contributed by atoms with Gasteiger partial charge in [0, 0.05) is 17.6 Å². The van der Waals surface area contributed by atoms with Gasteiger partial charge in [-0.05, 0) is 55.4 Å². The largest absolute Gasteiger partial charge is 0.480 e. The molecule has 8 heteroatoms. The van der Waals surface area contributed by atoms with Crippen molar-refractivity contribution in [1.29, 1.82) is 0 Å². The molecule has 3 rings (SSSR count). The van der Waals surface area contributed by atoms with Gasteiger partial charge >= 0.3 is 5.97 Å². The monoisotopic (exact) mass is 357 g/mol. The van der Waals surface area contributed by atoms with Crippen molar-refractivity contribution in [3.05, 3.63) is 52.4 Å². The summed E-state index contributed by atoms with van der Waals surface area (Å²) in [7, 11) is 0. The fraction of sp³-hybridized carbons (Fsp3) is 0.176. The molecule has 0 unspecified atom stereocenters. The number of carbonyl (C=O) groups excluding carboxylic acids is 2. The van der Waals surface area contributed by atoms with Crippen LogP contribution in [0.3, 0.4) is 0 Å². The standard InChI is InChI=1S/C17H15N3O4S/c1-10-6-12(11(2)20(10)13-4-3-5-18-8-13)7-14-16(23)19(9-15(21)22)17(24)25-14/h3-8H,9H2,1-2H3,(H,21,22)/b14-7+. The smallest absolute Gasteiger partial charge is 0.323 e. The summed E-state index contributed by atoms with van der Waals surface area (Å²) in [4.78, 5) is 40.0. The number of aryl methyl sites for hydroxylation is 1. The second kappa shape index (κ2) is 6.56. The summed E-state index contributed by atoms with van der Waals surface area (Å²) in [6.45, 7) is 3.22. The SMILES string of the molecule is Cc1cc(/C=C2/SC(=O)N(CC(=O)O)C2=O)c(C)n1-c1cccnc1. The number of hydrogen-bond donors (Lipinski definition) is 1. The lowest BCUT2D eigenvalue weighted by atomic mass is 10.2. The third kappa shape index (κ3) is 3.20. The zero-order chi connectivity index (χ0) is 18.1. The number of aromatic nitrogens is 2. The quantitative estimate of drug-likeness (QED) is 0.846. The first-order chi connectivity index (χ1) is 11.9. The molecule has 0 saturated carbocycles. The van der Waals surface area contributed by atoms with E-state index in [1.165, 1.54) is 0 Å². The van der Waals surface area contributed by atoms with E-state index in [9.17, 15) is 14.4 Å². The van der Waals surface area contributed by atoms with Gasteiger partial charge in [0.05, 0.1) is 16.8 Å². The summed E-state index contributed by atoms with van der Waals surface area (Å²) in [5, 5.41) is 8.24. The summed E-state index contributed by atoms with van der Waals surface area (Å²) in [6, 6.07) is 5.68. The Morgan fingerprint density at radius 3 is 2.76 bits per heavy atom. The number of carbonyl (C=O) groups is 3. The molecule has 0 bridgehead atoms. The Bertz CT molecular complexity index is 902. The van der Waals surface area contributed by atoms with Crippen LogP contribution >= 0.6 is 11.8 Å². The molecular formula is C17H15N3O4S. The Balaban J connectivity index is 1.97. The molecule has 3 heterocycles. The van der Waals surface area contributed by atoms with E-state index in [4.69, 9.17) is 5.11 Å². The number of aliphatic carboxylic acids is 1. The van der Waals surface area contributed by atoms with Gasteiger partial charge in [0.25, 0.3) is 11.1 Å². The van der Waals surface area contributed by atoms with Crippen molar-refractivity contribution in [3.63, 3.8) is 0 Å². The van der Waals surface area contributed by atoms with Crippen LogP contribution in [0.15, 0.2) is 35.5 Å². The number of carboxylic acids is 1. The Morgan fingerprint density at radius 2 is 2.12 bits per heavy atom. The van der Waals surface area contributed by atoms with E-state index >= 15 is 0 Å². The molecule has 25 heavy (non-hydrogen) atoms. The van der Waals surface area contributed by atoms with E-state index < -0.39 is 23.7 Å². The molecular weight excluding hydrogens is 342 g/mol. The third-order valence-electron chi connectivity index (χ3n) is 3.83. The summed E-state index contributed by atoms with van der Waals surface area (Å²) >= 11 is 0.752. The molecule has 0 spiro atoms. The molecule has 1 aliphatic rings. The van der Waals surface area contributed by atoms with Gasteiger partial charge in [-0.1, -0.05) is 0 Å². The highest BCUT2D eigenvalue weighted by atomic mass is 32.2. The summed E-state index contributed by atoms with van der Waals surface area (Å²) in [6.07, 6.45) is 5.06. The van der Waals surface area contributed by atoms with E-state index in [0.29, 0.717) is 0 Å². The normalized spacial score (nSPS) is 16.1. The zero-order valence-corrected chi connectivity index (χ0v) is 14.4. The van der Waals surface area contributed by atoms with Gasteiger partial charge in [0.2, 0.25) is 0 Å². The molecule has 0 aromatic carbocycles. The van der Waals surface area contributed by atoms with Crippen LogP contribution in [0.5, 0.6) is 0 Å². The Kier molecular flexibility index (Phi) is 4.45. The van der Waals surface area contributed by atoms with Gasteiger partial charge in [0.15, 0.2) is 0 Å². The first-order valence-electron chi connectivity index (χ1n) is 7.45. The summed E-state index contributed by atoms with van der Waals surface area (Å²) in [5.74, 6) is -1.80. The average Bonchev–Trinajstić information content (AvgIpc) is 2.99. The van der Waals surface area contributed by atoms with Crippen LogP contribution in [0.1, 0.15) is 17.0 Å². The predicted octanol–water partition coefficient (Wildman–Crippen LogP) is 2.61. The van der Waals surface area contributed by atoms with Crippen LogP contribution < -0.4 is 0 Å². The minimum atomic E-state index is -1.22. The van der Waals surface area contributed by atoms with Crippen molar-refractivity contribution in [1.82, 2.24) is 14.5 Å². The van der Waals surface area contributed by atoms with Crippen molar-refractivity contribution in [3.8, 4) is 5.69 Å². The maximum atomic E-state index is 12.3. The topological polar surface area (TPSA) is 92.5 Å². The second-order valence-electron chi connectivity index (χ2n) is 5.53. The molecule has 2 aromatic heterocycles. The minimum Gasteiger partial charge on any atom is -0.480 e. The minimum absolute atomic E-state index is 0.220. The first kappa shape index (κ1) is 17.0. The van der Waals surface area contributed by atoms with Crippen molar-refractivity contribution >= 4 is 35.0 Å². The maximum Gasteiger partial charge on any atom is 0.323 e. The highest BCUT2D eigenvalue weighted by molar-refractivity contribution is 8.18. The lowest BCUT2D eigenvalue weighted by Gasteiger charge is -2.09. The molecule has 0 radical (unpaired) electrons. The number of hydrogen-bond acceptors (Lipinski definition) is 5. The summed E-state index contributed by atoms with van der Waals surface area (Å²) in [5.41, 5.74) is 3.55. The number of pyridine rings is 1. The first-order valence-corrected chi connectivity index (χ1v) is 8.26. The van der Waals surface area contributed by atoms with Crippen molar-refractivity contribution in [2.45, 2.75) is 13.8 Å². The zero-order valence-electron chi connectivity index (χ0n) is 13.6. The van der Waals surface area contributed by atoms with Crippen LogP contribution in [0.25, 0.3) is 11.8 Å². The molecule has 2 amide bonds. The Morgan fingerprint density at radius 1 is 1.36 bits per heavy atom. The lowest BCUT2D eigenvalue weighted by Crippen LogP contribution is -2.33. The predicted molar refractivity (Wildman–Crippen MR) is 93.4 cm³/mol. The summed E-state index contributed by atoms with van der Waals surface area (Å²) < 4.78 is 2.00. The van der Waals surface area contributed by atoms with E-state index in [0.717, 1.165) is 39.3 Å². The highest BCUT2D eigenvalue weighted by Gasteiger charge is 2.36. The third-order valence-corrected chi connectivity index (χ3v) is 4.74. The molecule has 0 aliphatic carbocycles. The van der Waals surface area contributed by atoms with Crippen LogP contribution in [0, 0.1) is 13.8 Å². The molecule has 1 aliphatic heterocycles. The van der Waals surface area contributed by atoms with Gasteiger partial charge in [-0.2, -0.15) is 0 Å². The van der Waals surface area contributed by atoms with Crippen molar-refractivity contribution < 1.29 is 19.5 Å². The van der Waals surface area contributed by atoms with E-state index in [1.54, 1.807) is 18.5 Å². The molecule has 1 fully saturated rings. The lowest BCUT2D eigenvalue weighted by molar-refractivity contribution is -0.140. The van der Waals surface area contributed by atoms with Gasteiger partial charge in [-0.3, -0.25) is 24.3 Å². The van der Waals surface area contributed by atoms with Crippen LogP contribution in [0.4, 0.5) is 4.79 Å². The fourth-order valence-corrected chi connectivity index (χ4v) is 3.56. The van der Waals surface area contributed by atoms with Crippen LogP contribution in [-0.4, -0.2) is 43.2 Å². The average molecular weight is 357 g/mol. The van der Waals surface area contributed by atoms with Gasteiger partial charge in [-0.15, -0.1) is 0 Å². The number of carboxylic acid groups (broad SMARTS) is 1. The maximum absolute atomic E-state index is 12.3. The van der Waals surface area contributed by atoms with E-state index in [-0.39, 0.29) is 4.91 Å². The van der Waals surface area contributed by atoms with Crippen molar-refractivity contribution in [2.24, 2.45) is 0 Å². The van der Waals surface area contributed by atoms with E-state index in [1.807, 2.05) is 36.6 Å².